The first-order valence-corrected chi connectivity index (χ1v) is 13.5. The zero-order chi connectivity index (χ0) is 26.0. The van der Waals surface area contributed by atoms with Gasteiger partial charge in [-0.25, -0.2) is 4.79 Å². The van der Waals surface area contributed by atoms with Crippen molar-refractivity contribution in [2.24, 2.45) is 11.7 Å². The second-order valence-corrected chi connectivity index (χ2v) is 10.3. The van der Waals surface area contributed by atoms with Crippen molar-refractivity contribution in [2.75, 3.05) is 18.6 Å². The number of nitrogens with zero attached hydrogens (tertiary/aromatic N) is 1. The summed E-state index contributed by atoms with van der Waals surface area (Å²) in [5.41, 5.74) is 6.84. The van der Waals surface area contributed by atoms with Gasteiger partial charge in [0.05, 0.1) is 6.04 Å². The van der Waals surface area contributed by atoms with Crippen LogP contribution < -0.4 is 16.4 Å². The molecule has 10 heteroatoms. The summed E-state index contributed by atoms with van der Waals surface area (Å²) in [4.78, 5) is 52.4. The summed E-state index contributed by atoms with van der Waals surface area (Å²) in [6, 6.07) is 5.79. The standard InChI is InChI=1S/C25H38N4O5S/c1-16(2)14-18(26)22(30)27-19(11-13-35-3)23(31)28-20(15-17-8-5-4-6-9-17)24(32)29-12-7-10-21(29)25(33)34/h4-6,8-9,16,18-21H,7,10-15,26H2,1-3H3,(H,27,30)(H,28,31)(H,33,34). The lowest BCUT2D eigenvalue weighted by Crippen LogP contribution is -2.57. The molecule has 0 spiro atoms. The third-order valence-electron chi connectivity index (χ3n) is 6.02. The molecule has 35 heavy (non-hydrogen) atoms. The van der Waals surface area contributed by atoms with Gasteiger partial charge in [0, 0.05) is 13.0 Å². The molecule has 1 aromatic rings. The average molecular weight is 507 g/mol. The predicted octanol–water partition coefficient (Wildman–Crippen LogP) is 1.40. The minimum atomic E-state index is -1.05. The third-order valence-corrected chi connectivity index (χ3v) is 6.67. The number of likely N-dealkylation sites (tertiary alicyclic amines) is 1. The van der Waals surface area contributed by atoms with Crippen LogP contribution in [0.3, 0.4) is 0 Å². The highest BCUT2D eigenvalue weighted by molar-refractivity contribution is 7.98. The van der Waals surface area contributed by atoms with Crippen LogP contribution in [-0.4, -0.2) is 76.4 Å². The van der Waals surface area contributed by atoms with Crippen LogP contribution in [0.2, 0.25) is 0 Å². The van der Waals surface area contributed by atoms with Crippen LogP contribution in [0.5, 0.6) is 0 Å². The van der Waals surface area contributed by atoms with E-state index in [1.54, 1.807) is 11.8 Å². The molecule has 3 amide bonds. The van der Waals surface area contributed by atoms with Crippen LogP contribution in [0, 0.1) is 5.92 Å². The molecular formula is C25H38N4O5S. The Kier molecular flexibility index (Phi) is 11.5. The fraction of sp³-hybridized carbons (Fsp3) is 0.600. The lowest BCUT2D eigenvalue weighted by molar-refractivity contribution is -0.149. The molecule has 4 atom stereocenters. The van der Waals surface area contributed by atoms with Crippen molar-refractivity contribution >= 4 is 35.5 Å². The van der Waals surface area contributed by atoms with Crippen molar-refractivity contribution < 1.29 is 24.3 Å². The van der Waals surface area contributed by atoms with Crippen molar-refractivity contribution in [1.29, 1.82) is 0 Å². The Morgan fingerprint density at radius 2 is 1.77 bits per heavy atom. The van der Waals surface area contributed by atoms with Gasteiger partial charge in [-0.1, -0.05) is 44.2 Å². The van der Waals surface area contributed by atoms with Crippen LogP contribution in [0.15, 0.2) is 30.3 Å². The molecule has 0 saturated carbocycles. The number of carbonyl (C=O) groups excluding carboxylic acids is 3. The van der Waals surface area contributed by atoms with E-state index in [-0.39, 0.29) is 12.3 Å². The largest absolute Gasteiger partial charge is 0.480 e. The molecule has 1 fully saturated rings. The molecule has 4 unspecified atom stereocenters. The number of hydrogen-bond acceptors (Lipinski definition) is 6. The number of rotatable bonds is 13. The first kappa shape index (κ1) is 28.6. The van der Waals surface area contributed by atoms with Crippen molar-refractivity contribution in [3.8, 4) is 0 Å². The van der Waals surface area contributed by atoms with E-state index in [1.165, 1.54) is 4.90 Å². The summed E-state index contributed by atoms with van der Waals surface area (Å²) in [6.45, 7) is 4.26. The summed E-state index contributed by atoms with van der Waals surface area (Å²) < 4.78 is 0. The molecule has 194 valence electrons. The number of nitrogens with two attached hydrogens (primary N) is 1. The SMILES string of the molecule is CSCCC(NC(=O)C(N)CC(C)C)C(=O)NC(Cc1ccccc1)C(=O)N1CCCC1C(=O)O. The topological polar surface area (TPSA) is 142 Å². The maximum atomic E-state index is 13.4. The lowest BCUT2D eigenvalue weighted by atomic mass is 10.0. The molecule has 1 aromatic carbocycles. The lowest BCUT2D eigenvalue weighted by Gasteiger charge is -2.29. The van der Waals surface area contributed by atoms with Gasteiger partial charge in [-0.2, -0.15) is 11.8 Å². The minimum absolute atomic E-state index is 0.213. The van der Waals surface area contributed by atoms with E-state index in [0.29, 0.717) is 38.0 Å². The highest BCUT2D eigenvalue weighted by atomic mass is 32.2. The number of amides is 3. The molecule has 1 saturated heterocycles. The molecule has 1 aliphatic rings. The van der Waals surface area contributed by atoms with Gasteiger partial charge in [0.2, 0.25) is 17.7 Å². The average Bonchev–Trinajstić information content (AvgIpc) is 3.31. The molecular weight excluding hydrogens is 468 g/mol. The summed E-state index contributed by atoms with van der Waals surface area (Å²) >= 11 is 1.54. The summed E-state index contributed by atoms with van der Waals surface area (Å²) in [7, 11) is 0. The Balaban J connectivity index is 2.22. The summed E-state index contributed by atoms with van der Waals surface area (Å²) in [5.74, 6) is -1.52. The van der Waals surface area contributed by atoms with E-state index in [2.05, 4.69) is 10.6 Å². The second-order valence-electron chi connectivity index (χ2n) is 9.36. The maximum absolute atomic E-state index is 13.4. The Morgan fingerprint density at radius 1 is 1.11 bits per heavy atom. The zero-order valence-corrected chi connectivity index (χ0v) is 21.6. The first-order chi connectivity index (χ1) is 16.6. The molecule has 0 aromatic heterocycles. The van der Waals surface area contributed by atoms with E-state index in [1.807, 2.05) is 50.4 Å². The van der Waals surface area contributed by atoms with E-state index in [9.17, 15) is 24.3 Å². The molecule has 9 nitrogen and oxygen atoms in total. The Bertz CT molecular complexity index is 867. The quantitative estimate of drug-likeness (QED) is 0.317. The number of benzene rings is 1. The fourth-order valence-corrected chi connectivity index (χ4v) is 4.68. The summed E-state index contributed by atoms with van der Waals surface area (Å²) in [6.07, 6.45) is 3.96. The van der Waals surface area contributed by atoms with Gasteiger partial charge in [0.25, 0.3) is 0 Å². The molecule has 2 rings (SSSR count). The highest BCUT2D eigenvalue weighted by Gasteiger charge is 2.38. The maximum Gasteiger partial charge on any atom is 0.326 e. The predicted molar refractivity (Wildman–Crippen MR) is 137 cm³/mol. The second kappa shape index (κ2) is 14.1. The van der Waals surface area contributed by atoms with Crippen molar-refractivity contribution in [3.05, 3.63) is 35.9 Å². The van der Waals surface area contributed by atoms with E-state index in [0.717, 1.165) is 5.56 Å². The normalized spacial score (nSPS) is 18.1. The number of hydrogen-bond donors (Lipinski definition) is 4. The smallest absolute Gasteiger partial charge is 0.326 e. The van der Waals surface area contributed by atoms with Crippen molar-refractivity contribution in [2.45, 2.75) is 70.1 Å². The molecule has 0 bridgehead atoms. The Hall–Kier alpha value is -2.59. The van der Waals surface area contributed by atoms with Gasteiger partial charge >= 0.3 is 5.97 Å². The van der Waals surface area contributed by atoms with Gasteiger partial charge < -0.3 is 26.4 Å². The molecule has 0 aliphatic carbocycles. The number of thioether (sulfide) groups is 1. The zero-order valence-electron chi connectivity index (χ0n) is 20.7. The number of carbonyl (C=O) groups is 4. The van der Waals surface area contributed by atoms with Crippen molar-refractivity contribution in [1.82, 2.24) is 15.5 Å². The van der Waals surface area contributed by atoms with Gasteiger partial charge in [-0.05, 0) is 49.2 Å². The summed E-state index contributed by atoms with van der Waals surface area (Å²) in [5, 5.41) is 15.1. The number of nitrogens with one attached hydrogen (secondary N) is 2. The minimum Gasteiger partial charge on any atom is -0.480 e. The number of carboxylic acids is 1. The Labute approximate surface area is 211 Å². The van der Waals surface area contributed by atoms with E-state index < -0.39 is 47.9 Å². The van der Waals surface area contributed by atoms with E-state index in [4.69, 9.17) is 5.73 Å². The first-order valence-electron chi connectivity index (χ1n) is 12.1. The van der Waals surface area contributed by atoms with Crippen LogP contribution >= 0.6 is 11.8 Å². The molecule has 5 N–H and O–H groups in total. The van der Waals surface area contributed by atoms with Crippen molar-refractivity contribution in [3.63, 3.8) is 0 Å². The monoisotopic (exact) mass is 506 g/mol. The number of aliphatic carboxylic acids is 1. The molecule has 1 heterocycles. The van der Waals surface area contributed by atoms with Crippen LogP contribution in [0.4, 0.5) is 0 Å². The molecule has 0 radical (unpaired) electrons. The van der Waals surface area contributed by atoms with Gasteiger partial charge in [-0.15, -0.1) is 0 Å². The molecule has 1 aliphatic heterocycles. The Morgan fingerprint density at radius 3 is 2.37 bits per heavy atom. The van der Waals surface area contributed by atoms with Gasteiger partial charge in [-0.3, -0.25) is 14.4 Å². The van der Waals surface area contributed by atoms with Crippen LogP contribution in [-0.2, 0) is 25.6 Å². The van der Waals surface area contributed by atoms with Gasteiger partial charge in [0.15, 0.2) is 0 Å². The van der Waals surface area contributed by atoms with Crippen LogP contribution in [0.1, 0.15) is 45.1 Å². The fourth-order valence-electron chi connectivity index (χ4n) is 4.21. The van der Waals surface area contributed by atoms with E-state index >= 15 is 0 Å². The van der Waals surface area contributed by atoms with Gasteiger partial charge in [0.1, 0.15) is 18.1 Å². The number of carboxylic acid groups (broad SMARTS) is 1. The third kappa shape index (κ3) is 8.85. The highest BCUT2D eigenvalue weighted by Crippen LogP contribution is 2.20. The van der Waals surface area contributed by atoms with Crippen LogP contribution in [0.25, 0.3) is 0 Å².